The monoisotopic (exact) mass is 170 g/mol. The molecule has 0 aromatic heterocycles. The van der Waals surface area contributed by atoms with Crippen LogP contribution >= 0.6 is 0 Å². The Balaban J connectivity index is 1.94. The zero-order chi connectivity index (χ0) is 8.55. The van der Waals surface area contributed by atoms with Crippen molar-refractivity contribution in [3.05, 3.63) is 0 Å². The highest BCUT2D eigenvalue weighted by atomic mass is 16.3. The Bertz CT molecular complexity index is 142. The van der Waals surface area contributed by atoms with Crippen molar-refractivity contribution in [1.82, 2.24) is 0 Å². The summed E-state index contributed by atoms with van der Waals surface area (Å²) in [7, 11) is 0. The molecule has 2 rings (SSSR count). The molecule has 0 heterocycles. The first-order valence-corrected chi connectivity index (χ1v) is 5.12. The van der Waals surface area contributed by atoms with E-state index in [2.05, 4.69) is 0 Å². The maximum Gasteiger partial charge on any atom is 0.0543 e. The molecule has 2 atom stereocenters. The molecule has 2 saturated carbocycles. The van der Waals surface area contributed by atoms with Gasteiger partial charge in [-0.2, -0.15) is 0 Å². The minimum absolute atomic E-state index is 0.0865. The molecule has 70 valence electrons. The minimum Gasteiger partial charge on any atom is -0.393 e. The van der Waals surface area contributed by atoms with Gasteiger partial charge in [-0.15, -0.1) is 0 Å². The first kappa shape index (κ1) is 8.52. The molecular formula is C10H18O2. The molecule has 0 aliphatic heterocycles. The fourth-order valence-corrected chi connectivity index (χ4v) is 2.84. The topological polar surface area (TPSA) is 40.5 Å². The molecule has 0 aromatic carbocycles. The third-order valence-corrected chi connectivity index (χ3v) is 3.56. The summed E-state index contributed by atoms with van der Waals surface area (Å²) >= 11 is 0. The summed E-state index contributed by atoms with van der Waals surface area (Å²) in [5.74, 6) is 1.41. The standard InChI is InChI=1S/C10H18O2/c11-9-3-1-7-2-4-10(12)6-8(7)5-9/h7-12H,1-6H2/t7?,8?,9-,10-/m0/s1. The van der Waals surface area contributed by atoms with Crippen LogP contribution in [-0.4, -0.2) is 22.4 Å². The van der Waals surface area contributed by atoms with Gasteiger partial charge < -0.3 is 10.2 Å². The van der Waals surface area contributed by atoms with Gasteiger partial charge in [0.2, 0.25) is 0 Å². The Morgan fingerprint density at radius 1 is 0.667 bits per heavy atom. The second-order valence-electron chi connectivity index (χ2n) is 4.45. The van der Waals surface area contributed by atoms with Crippen molar-refractivity contribution in [2.75, 3.05) is 0 Å². The van der Waals surface area contributed by atoms with E-state index in [0.29, 0.717) is 5.92 Å². The lowest BCUT2D eigenvalue weighted by atomic mass is 9.69. The maximum atomic E-state index is 9.45. The van der Waals surface area contributed by atoms with Crippen LogP contribution < -0.4 is 0 Å². The number of hydrogen-bond donors (Lipinski definition) is 2. The lowest BCUT2D eigenvalue weighted by molar-refractivity contribution is 0.00395. The van der Waals surface area contributed by atoms with Crippen molar-refractivity contribution in [3.8, 4) is 0 Å². The predicted octanol–water partition coefficient (Wildman–Crippen LogP) is 1.31. The summed E-state index contributed by atoms with van der Waals surface area (Å²) in [5, 5.41) is 18.9. The van der Waals surface area contributed by atoms with Gasteiger partial charge >= 0.3 is 0 Å². The highest BCUT2D eigenvalue weighted by molar-refractivity contribution is 4.85. The molecule has 2 aliphatic carbocycles. The maximum absolute atomic E-state index is 9.45. The fraction of sp³-hybridized carbons (Fsp3) is 1.00. The average Bonchev–Trinajstić information content (AvgIpc) is 2.03. The van der Waals surface area contributed by atoms with Crippen molar-refractivity contribution < 1.29 is 10.2 Å². The Morgan fingerprint density at radius 2 is 1.17 bits per heavy atom. The van der Waals surface area contributed by atoms with Gasteiger partial charge in [-0.25, -0.2) is 0 Å². The number of fused-ring (bicyclic) bond motifs is 1. The van der Waals surface area contributed by atoms with Crippen molar-refractivity contribution in [2.45, 2.75) is 50.7 Å². The van der Waals surface area contributed by atoms with Crippen LogP contribution in [0.15, 0.2) is 0 Å². The van der Waals surface area contributed by atoms with Crippen LogP contribution in [0.25, 0.3) is 0 Å². The molecule has 0 bridgehead atoms. The highest BCUT2D eigenvalue weighted by Crippen LogP contribution is 2.40. The van der Waals surface area contributed by atoms with Gasteiger partial charge in [-0.3, -0.25) is 0 Å². The van der Waals surface area contributed by atoms with E-state index in [1.165, 1.54) is 12.8 Å². The Labute approximate surface area is 73.6 Å². The lowest BCUT2D eigenvalue weighted by Gasteiger charge is -2.39. The highest BCUT2D eigenvalue weighted by Gasteiger charge is 2.34. The predicted molar refractivity (Wildman–Crippen MR) is 46.7 cm³/mol. The van der Waals surface area contributed by atoms with Gasteiger partial charge in [0.15, 0.2) is 0 Å². The van der Waals surface area contributed by atoms with E-state index in [1.54, 1.807) is 0 Å². The molecule has 2 aliphatic rings. The molecule has 2 fully saturated rings. The molecule has 2 heteroatoms. The number of hydrogen-bond acceptors (Lipinski definition) is 2. The molecular weight excluding hydrogens is 152 g/mol. The second kappa shape index (κ2) is 3.35. The van der Waals surface area contributed by atoms with Gasteiger partial charge in [0.05, 0.1) is 12.2 Å². The second-order valence-corrected chi connectivity index (χ2v) is 4.45. The Morgan fingerprint density at radius 3 is 1.67 bits per heavy atom. The van der Waals surface area contributed by atoms with Crippen LogP contribution in [0, 0.1) is 11.8 Å². The van der Waals surface area contributed by atoms with E-state index >= 15 is 0 Å². The smallest absolute Gasteiger partial charge is 0.0543 e. The van der Waals surface area contributed by atoms with Crippen LogP contribution in [0.5, 0.6) is 0 Å². The van der Waals surface area contributed by atoms with E-state index in [4.69, 9.17) is 0 Å². The van der Waals surface area contributed by atoms with Gasteiger partial charge in [0.25, 0.3) is 0 Å². The number of rotatable bonds is 0. The first-order valence-electron chi connectivity index (χ1n) is 5.12. The van der Waals surface area contributed by atoms with Crippen LogP contribution in [0.1, 0.15) is 38.5 Å². The van der Waals surface area contributed by atoms with E-state index in [0.717, 1.165) is 31.6 Å². The average molecular weight is 170 g/mol. The van der Waals surface area contributed by atoms with Crippen molar-refractivity contribution in [1.29, 1.82) is 0 Å². The largest absolute Gasteiger partial charge is 0.393 e. The quantitative estimate of drug-likeness (QED) is 0.575. The Kier molecular flexibility index (Phi) is 2.37. The molecule has 0 radical (unpaired) electrons. The third-order valence-electron chi connectivity index (χ3n) is 3.56. The summed E-state index contributed by atoms with van der Waals surface area (Å²) in [6.45, 7) is 0. The lowest BCUT2D eigenvalue weighted by Crippen LogP contribution is -2.34. The van der Waals surface area contributed by atoms with Crippen LogP contribution in [0.2, 0.25) is 0 Å². The van der Waals surface area contributed by atoms with Gasteiger partial charge in [0.1, 0.15) is 0 Å². The van der Waals surface area contributed by atoms with E-state index in [1.807, 2.05) is 0 Å². The van der Waals surface area contributed by atoms with E-state index < -0.39 is 0 Å². The molecule has 2 nitrogen and oxygen atoms in total. The zero-order valence-corrected chi connectivity index (χ0v) is 7.45. The van der Waals surface area contributed by atoms with Crippen molar-refractivity contribution in [3.63, 3.8) is 0 Å². The van der Waals surface area contributed by atoms with Crippen LogP contribution in [0.4, 0.5) is 0 Å². The molecule has 0 unspecified atom stereocenters. The van der Waals surface area contributed by atoms with Crippen LogP contribution in [-0.2, 0) is 0 Å². The molecule has 2 N–H and O–H groups in total. The fourth-order valence-electron chi connectivity index (χ4n) is 2.84. The van der Waals surface area contributed by atoms with E-state index in [9.17, 15) is 10.2 Å². The summed E-state index contributed by atoms with van der Waals surface area (Å²) in [6, 6.07) is 0. The summed E-state index contributed by atoms with van der Waals surface area (Å²) in [6.07, 6.45) is 6.02. The van der Waals surface area contributed by atoms with E-state index in [-0.39, 0.29) is 12.2 Å². The zero-order valence-electron chi connectivity index (χ0n) is 7.45. The summed E-state index contributed by atoms with van der Waals surface area (Å²) in [4.78, 5) is 0. The Hall–Kier alpha value is -0.0800. The van der Waals surface area contributed by atoms with Gasteiger partial charge in [-0.1, -0.05) is 0 Å². The molecule has 0 saturated heterocycles. The molecule has 0 amide bonds. The first-order chi connectivity index (χ1) is 5.75. The SMILES string of the molecule is O[C@H]1CCC2CC[C@H](O)CC2C1. The van der Waals surface area contributed by atoms with Gasteiger partial charge in [-0.05, 0) is 50.4 Å². The summed E-state index contributed by atoms with van der Waals surface area (Å²) in [5.41, 5.74) is 0. The van der Waals surface area contributed by atoms with Crippen molar-refractivity contribution in [2.24, 2.45) is 11.8 Å². The molecule has 0 aromatic rings. The normalized spacial score (nSPS) is 48.5. The minimum atomic E-state index is -0.0865. The molecule has 12 heavy (non-hydrogen) atoms. The number of aliphatic hydroxyl groups excluding tert-OH is 2. The van der Waals surface area contributed by atoms with Gasteiger partial charge in [0, 0.05) is 0 Å². The third kappa shape index (κ3) is 1.64. The van der Waals surface area contributed by atoms with Crippen molar-refractivity contribution >= 4 is 0 Å². The van der Waals surface area contributed by atoms with Crippen LogP contribution in [0.3, 0.4) is 0 Å². The number of aliphatic hydroxyl groups is 2. The molecule has 0 spiro atoms. The summed E-state index contributed by atoms with van der Waals surface area (Å²) < 4.78 is 0.